The molecule has 5 heteroatoms. The second kappa shape index (κ2) is 10.8. The predicted molar refractivity (Wildman–Crippen MR) is 88.5 cm³/mol. The predicted octanol–water partition coefficient (Wildman–Crippen LogP) is 4.15. The van der Waals surface area contributed by atoms with Crippen LogP contribution in [0.1, 0.15) is 60.0 Å². The van der Waals surface area contributed by atoms with Crippen molar-refractivity contribution < 1.29 is 6.16 Å². The maximum Gasteiger partial charge on any atom is 0.253 e. The van der Waals surface area contributed by atoms with Gasteiger partial charge in [0.05, 0.1) is 18.3 Å². The molecule has 0 amide bonds. The number of hydrogen-bond donors (Lipinski definition) is 1. The van der Waals surface area contributed by atoms with Crippen molar-refractivity contribution in [2.45, 2.75) is 52.9 Å². The molecule has 0 aromatic carbocycles. The van der Waals surface area contributed by atoms with E-state index < -0.39 is 0 Å². The number of nitrogens with one attached hydrogen (secondary N) is 1. The van der Waals surface area contributed by atoms with Crippen LogP contribution in [0, 0.1) is 0 Å². The van der Waals surface area contributed by atoms with Crippen LogP contribution in [-0.2, 0) is 0 Å². The van der Waals surface area contributed by atoms with Crippen molar-refractivity contribution in [1.29, 1.82) is 0 Å². The van der Waals surface area contributed by atoms with Crippen LogP contribution in [0.5, 0.6) is 5.88 Å². The summed E-state index contributed by atoms with van der Waals surface area (Å²) < 4.78 is 14.3. The van der Waals surface area contributed by atoms with Gasteiger partial charge in [-0.25, -0.2) is 0 Å². The van der Waals surface area contributed by atoms with Gasteiger partial charge in [0, 0.05) is 7.97 Å². The van der Waals surface area contributed by atoms with Crippen molar-refractivity contribution in [2.75, 3.05) is 19.7 Å². The lowest BCUT2D eigenvalue weighted by molar-refractivity contribution is 0.295. The van der Waals surface area contributed by atoms with Gasteiger partial charge in [-0.1, -0.05) is 46.1 Å². The number of aromatic nitrogens is 2. The summed E-state index contributed by atoms with van der Waals surface area (Å²) in [5, 5.41) is 3.35. The van der Waals surface area contributed by atoms with Gasteiger partial charge >= 0.3 is 0 Å². The molecule has 0 unspecified atom stereocenters. The van der Waals surface area contributed by atoms with E-state index in [-0.39, 0.29) is 1.43 Å². The molecule has 0 saturated carbocycles. The SMILES string of the molecule is CC.CCCCCCOc1nsnc1C1=CCCNC1.[HH]. The van der Waals surface area contributed by atoms with Gasteiger partial charge < -0.3 is 10.1 Å². The van der Waals surface area contributed by atoms with E-state index in [0.717, 1.165) is 38.2 Å². The second-order valence-electron chi connectivity index (χ2n) is 4.52. The van der Waals surface area contributed by atoms with E-state index in [2.05, 4.69) is 27.1 Å². The minimum absolute atomic E-state index is 0. The molecule has 0 aliphatic carbocycles. The molecule has 0 fully saturated rings. The summed E-state index contributed by atoms with van der Waals surface area (Å²) in [7, 11) is 0. The Morgan fingerprint density at radius 1 is 1.30 bits per heavy atom. The van der Waals surface area contributed by atoms with E-state index in [9.17, 15) is 0 Å². The van der Waals surface area contributed by atoms with Crippen LogP contribution >= 0.6 is 11.7 Å². The topological polar surface area (TPSA) is 47.0 Å². The highest BCUT2D eigenvalue weighted by atomic mass is 32.1. The van der Waals surface area contributed by atoms with Gasteiger partial charge in [-0.05, 0) is 25.0 Å². The molecule has 20 heavy (non-hydrogen) atoms. The minimum atomic E-state index is 0. The van der Waals surface area contributed by atoms with Gasteiger partial charge in [-0.15, -0.1) is 4.37 Å². The summed E-state index contributed by atoms with van der Waals surface area (Å²) >= 11 is 1.23. The van der Waals surface area contributed by atoms with Crippen LogP contribution < -0.4 is 10.1 Å². The van der Waals surface area contributed by atoms with E-state index in [1.807, 2.05) is 13.8 Å². The molecule has 0 atom stereocenters. The molecule has 4 nitrogen and oxygen atoms in total. The molecule has 2 heterocycles. The fourth-order valence-corrected chi connectivity index (χ4v) is 2.52. The average molecular weight is 299 g/mol. The molecule has 1 aliphatic rings. The highest BCUT2D eigenvalue weighted by Gasteiger charge is 2.15. The Balaban J connectivity index is 0.00000128. The van der Waals surface area contributed by atoms with Gasteiger partial charge in [0.15, 0.2) is 0 Å². The molecule has 1 aliphatic heterocycles. The molecule has 1 aromatic rings. The van der Waals surface area contributed by atoms with E-state index in [1.54, 1.807) is 0 Å². The van der Waals surface area contributed by atoms with Gasteiger partial charge in [-0.2, -0.15) is 4.37 Å². The third-order valence-electron chi connectivity index (χ3n) is 3.03. The number of rotatable bonds is 7. The van der Waals surface area contributed by atoms with Gasteiger partial charge in [0.25, 0.3) is 5.88 Å². The maximum atomic E-state index is 5.75. The van der Waals surface area contributed by atoms with Crippen molar-refractivity contribution in [3.05, 3.63) is 11.8 Å². The molecule has 0 saturated heterocycles. The van der Waals surface area contributed by atoms with Crippen LogP contribution in [-0.4, -0.2) is 28.4 Å². The standard InChI is InChI=1S/C13H21N3OS.C2H6.H2/c1-2-3-4-5-9-17-13-12(15-18-16-13)11-7-6-8-14-10-11;1-2;/h7,14H,2-6,8-10H2,1H3;1-2H3;1H. The Bertz CT molecular complexity index is 396. The zero-order valence-corrected chi connectivity index (χ0v) is 13.8. The molecule has 116 valence electrons. The summed E-state index contributed by atoms with van der Waals surface area (Å²) in [4.78, 5) is 0. The van der Waals surface area contributed by atoms with Crippen molar-refractivity contribution in [3.8, 4) is 5.88 Å². The summed E-state index contributed by atoms with van der Waals surface area (Å²) in [6.45, 7) is 8.89. The molecule has 0 bridgehead atoms. The first-order valence-electron chi connectivity index (χ1n) is 7.77. The van der Waals surface area contributed by atoms with Crippen molar-refractivity contribution >= 4 is 17.3 Å². The minimum Gasteiger partial charge on any atom is -0.475 e. The van der Waals surface area contributed by atoms with Crippen molar-refractivity contribution in [2.24, 2.45) is 0 Å². The quantitative estimate of drug-likeness (QED) is 0.768. The fourth-order valence-electron chi connectivity index (χ4n) is 1.99. The zero-order valence-electron chi connectivity index (χ0n) is 12.9. The number of nitrogens with zero attached hydrogens (tertiary/aromatic N) is 2. The molecule has 1 aromatic heterocycles. The Labute approximate surface area is 128 Å². The first-order valence-corrected chi connectivity index (χ1v) is 8.50. The van der Waals surface area contributed by atoms with Crippen molar-refractivity contribution in [3.63, 3.8) is 0 Å². The molecule has 1 N–H and O–H groups in total. The number of ether oxygens (including phenoxy) is 1. The number of unbranched alkanes of at least 4 members (excludes halogenated alkanes) is 3. The summed E-state index contributed by atoms with van der Waals surface area (Å²) in [6, 6.07) is 0. The lowest BCUT2D eigenvalue weighted by atomic mass is 10.1. The zero-order chi connectivity index (χ0) is 14.6. The molecule has 0 radical (unpaired) electrons. The third kappa shape index (κ3) is 5.59. The molecular formula is C15H29N3OS. The maximum absolute atomic E-state index is 5.75. The Morgan fingerprint density at radius 2 is 2.15 bits per heavy atom. The van der Waals surface area contributed by atoms with E-state index >= 15 is 0 Å². The monoisotopic (exact) mass is 299 g/mol. The Morgan fingerprint density at radius 3 is 2.85 bits per heavy atom. The summed E-state index contributed by atoms with van der Waals surface area (Å²) in [6.07, 6.45) is 8.15. The fraction of sp³-hybridized carbons (Fsp3) is 0.733. The average Bonchev–Trinajstić information content (AvgIpc) is 2.98. The van der Waals surface area contributed by atoms with Gasteiger partial charge in [0.1, 0.15) is 5.69 Å². The highest BCUT2D eigenvalue weighted by molar-refractivity contribution is 6.99. The Hall–Kier alpha value is -0.940. The largest absolute Gasteiger partial charge is 0.475 e. The van der Waals surface area contributed by atoms with Crippen molar-refractivity contribution in [1.82, 2.24) is 14.1 Å². The second-order valence-corrected chi connectivity index (χ2v) is 5.05. The molecule has 0 spiro atoms. The van der Waals surface area contributed by atoms with Crippen LogP contribution in [0.15, 0.2) is 6.08 Å². The first kappa shape index (κ1) is 17.1. The first-order chi connectivity index (χ1) is 9.92. The summed E-state index contributed by atoms with van der Waals surface area (Å²) in [5.74, 6) is 0.714. The Kier molecular flexibility index (Phi) is 9.24. The summed E-state index contributed by atoms with van der Waals surface area (Å²) in [5.41, 5.74) is 2.15. The van der Waals surface area contributed by atoms with Crippen LogP contribution in [0.3, 0.4) is 0 Å². The lowest BCUT2D eigenvalue weighted by Gasteiger charge is -2.13. The van der Waals surface area contributed by atoms with Gasteiger partial charge in [0.2, 0.25) is 0 Å². The molecular weight excluding hydrogens is 270 g/mol. The normalized spacial score (nSPS) is 14.2. The van der Waals surface area contributed by atoms with Crippen LogP contribution in [0.2, 0.25) is 0 Å². The smallest absolute Gasteiger partial charge is 0.253 e. The highest BCUT2D eigenvalue weighted by Crippen LogP contribution is 2.25. The van der Waals surface area contributed by atoms with E-state index in [0.29, 0.717) is 5.88 Å². The lowest BCUT2D eigenvalue weighted by Crippen LogP contribution is -2.21. The van der Waals surface area contributed by atoms with Gasteiger partial charge in [-0.3, -0.25) is 0 Å². The van der Waals surface area contributed by atoms with Crippen LogP contribution in [0.25, 0.3) is 5.57 Å². The van der Waals surface area contributed by atoms with E-state index in [1.165, 1.54) is 36.6 Å². The number of hydrogen-bond acceptors (Lipinski definition) is 5. The molecule has 2 rings (SSSR count). The third-order valence-corrected chi connectivity index (χ3v) is 3.54. The van der Waals surface area contributed by atoms with E-state index in [4.69, 9.17) is 4.74 Å². The van der Waals surface area contributed by atoms with Crippen LogP contribution in [0.4, 0.5) is 0 Å².